The van der Waals surface area contributed by atoms with E-state index in [1.54, 1.807) is 11.0 Å². The Bertz CT molecular complexity index is 856. The van der Waals surface area contributed by atoms with Crippen molar-refractivity contribution in [1.82, 2.24) is 5.32 Å². The van der Waals surface area contributed by atoms with Crippen molar-refractivity contribution >= 4 is 17.7 Å². The van der Waals surface area contributed by atoms with Crippen LogP contribution in [0.4, 0.5) is 14.9 Å². The molecule has 1 N–H and O–H groups in total. The zero-order valence-corrected chi connectivity index (χ0v) is 16.3. The van der Waals surface area contributed by atoms with Gasteiger partial charge >= 0.3 is 6.09 Å². The predicted molar refractivity (Wildman–Crippen MR) is 105 cm³/mol. The number of nitrogens with zero attached hydrogens (tertiary/aromatic N) is 1. The Kier molecular flexibility index (Phi) is 5.97. The van der Waals surface area contributed by atoms with E-state index in [0.717, 1.165) is 12.0 Å². The summed E-state index contributed by atoms with van der Waals surface area (Å²) in [7, 11) is 0. The van der Waals surface area contributed by atoms with E-state index in [4.69, 9.17) is 4.74 Å². The zero-order chi connectivity index (χ0) is 20.3. The molecule has 3 rings (SSSR count). The molecule has 28 heavy (non-hydrogen) atoms. The van der Waals surface area contributed by atoms with Gasteiger partial charge in [0.2, 0.25) is 5.91 Å². The minimum Gasteiger partial charge on any atom is -0.445 e. The fourth-order valence-electron chi connectivity index (χ4n) is 3.97. The third-order valence-corrected chi connectivity index (χ3v) is 5.29. The average molecular weight is 384 g/mol. The smallest absolute Gasteiger partial charge is 0.407 e. The Morgan fingerprint density at radius 3 is 2.54 bits per heavy atom. The van der Waals surface area contributed by atoms with Crippen molar-refractivity contribution in [2.24, 2.45) is 5.92 Å². The van der Waals surface area contributed by atoms with Gasteiger partial charge in [-0.25, -0.2) is 9.18 Å². The first-order valence-electron chi connectivity index (χ1n) is 9.48. The summed E-state index contributed by atoms with van der Waals surface area (Å²) in [6.45, 7) is 5.61. The molecule has 0 aromatic heterocycles. The highest BCUT2D eigenvalue weighted by atomic mass is 19.1. The lowest BCUT2D eigenvalue weighted by molar-refractivity contribution is -0.117. The Labute approximate surface area is 164 Å². The van der Waals surface area contributed by atoms with E-state index in [1.807, 2.05) is 44.2 Å². The summed E-state index contributed by atoms with van der Waals surface area (Å²) in [5.41, 5.74) is 2.10. The number of carbonyl (C=O) groups excluding carboxylic acids is 2. The number of benzene rings is 2. The minimum atomic E-state index is -0.568. The SMILES string of the molecule is CCC1[C@H](C)C(NC(=O)OCc2ccccc2)c2cc(F)ccc2N1C(C)=O. The lowest BCUT2D eigenvalue weighted by Gasteiger charge is -2.44. The van der Waals surface area contributed by atoms with Gasteiger partial charge < -0.3 is 15.0 Å². The highest BCUT2D eigenvalue weighted by molar-refractivity contribution is 5.94. The van der Waals surface area contributed by atoms with Crippen molar-refractivity contribution in [2.75, 3.05) is 4.90 Å². The van der Waals surface area contributed by atoms with Gasteiger partial charge in [-0.05, 0) is 30.2 Å². The summed E-state index contributed by atoms with van der Waals surface area (Å²) in [5, 5.41) is 2.88. The maximum Gasteiger partial charge on any atom is 0.407 e. The second kappa shape index (κ2) is 8.42. The van der Waals surface area contributed by atoms with Gasteiger partial charge in [0.1, 0.15) is 12.4 Å². The molecule has 0 radical (unpaired) electrons. The second-order valence-corrected chi connectivity index (χ2v) is 7.11. The normalized spacial score (nSPS) is 21.0. The first-order chi connectivity index (χ1) is 13.4. The number of hydrogen-bond acceptors (Lipinski definition) is 3. The Hall–Kier alpha value is -2.89. The Morgan fingerprint density at radius 1 is 1.18 bits per heavy atom. The van der Waals surface area contributed by atoms with Gasteiger partial charge in [0.15, 0.2) is 0 Å². The van der Waals surface area contributed by atoms with Crippen molar-refractivity contribution in [2.45, 2.75) is 45.9 Å². The van der Waals surface area contributed by atoms with Gasteiger partial charge in [0.05, 0.1) is 6.04 Å². The molecule has 2 aromatic carbocycles. The van der Waals surface area contributed by atoms with Crippen LogP contribution >= 0.6 is 0 Å². The third-order valence-electron chi connectivity index (χ3n) is 5.29. The maximum absolute atomic E-state index is 14.0. The van der Waals surface area contributed by atoms with Gasteiger partial charge in [0, 0.05) is 30.1 Å². The molecule has 6 heteroatoms. The fourth-order valence-corrected chi connectivity index (χ4v) is 3.97. The summed E-state index contributed by atoms with van der Waals surface area (Å²) < 4.78 is 19.3. The summed E-state index contributed by atoms with van der Waals surface area (Å²) in [6.07, 6.45) is 0.150. The number of ether oxygens (including phenoxy) is 1. The van der Waals surface area contributed by atoms with Crippen LogP contribution in [-0.4, -0.2) is 18.0 Å². The quantitative estimate of drug-likeness (QED) is 0.840. The molecule has 148 valence electrons. The molecule has 5 nitrogen and oxygen atoms in total. The van der Waals surface area contributed by atoms with E-state index in [0.29, 0.717) is 11.3 Å². The van der Waals surface area contributed by atoms with Gasteiger partial charge in [-0.3, -0.25) is 4.79 Å². The molecule has 0 bridgehead atoms. The monoisotopic (exact) mass is 384 g/mol. The van der Waals surface area contributed by atoms with Crippen molar-refractivity contribution in [3.63, 3.8) is 0 Å². The molecular weight excluding hydrogens is 359 g/mol. The predicted octanol–water partition coefficient (Wildman–Crippen LogP) is 4.57. The molecule has 1 aliphatic heterocycles. The van der Waals surface area contributed by atoms with Crippen molar-refractivity contribution in [1.29, 1.82) is 0 Å². The van der Waals surface area contributed by atoms with Gasteiger partial charge in [-0.15, -0.1) is 0 Å². The molecular formula is C22H25FN2O3. The number of rotatable bonds is 4. The minimum absolute atomic E-state index is 0.100. The number of halogens is 1. The fraction of sp³-hybridized carbons (Fsp3) is 0.364. The van der Waals surface area contributed by atoms with Crippen LogP contribution in [-0.2, 0) is 16.1 Å². The molecule has 2 unspecified atom stereocenters. The van der Waals surface area contributed by atoms with Crippen LogP contribution in [0.1, 0.15) is 44.4 Å². The second-order valence-electron chi connectivity index (χ2n) is 7.11. The van der Waals surface area contributed by atoms with Crippen molar-refractivity contribution < 1.29 is 18.7 Å². The van der Waals surface area contributed by atoms with Crippen LogP contribution < -0.4 is 10.2 Å². The molecule has 0 saturated carbocycles. The first-order valence-corrected chi connectivity index (χ1v) is 9.48. The molecule has 0 saturated heterocycles. The number of alkyl carbamates (subject to hydrolysis) is 1. The van der Waals surface area contributed by atoms with Crippen LogP contribution in [0, 0.1) is 11.7 Å². The molecule has 0 fully saturated rings. The number of carbonyl (C=O) groups is 2. The summed E-state index contributed by atoms with van der Waals surface area (Å²) in [4.78, 5) is 26.4. The molecule has 0 spiro atoms. The van der Waals surface area contributed by atoms with Crippen LogP contribution in [0.3, 0.4) is 0 Å². The number of hydrogen-bond donors (Lipinski definition) is 1. The third kappa shape index (κ3) is 4.01. The van der Waals surface area contributed by atoms with Gasteiger partial charge in [-0.1, -0.05) is 44.2 Å². The topological polar surface area (TPSA) is 58.6 Å². The van der Waals surface area contributed by atoms with Crippen LogP contribution in [0.15, 0.2) is 48.5 Å². The number of anilines is 1. The number of nitrogens with one attached hydrogen (secondary N) is 1. The van der Waals surface area contributed by atoms with Gasteiger partial charge in [0.25, 0.3) is 0 Å². The lowest BCUT2D eigenvalue weighted by atomic mass is 9.81. The van der Waals surface area contributed by atoms with Crippen molar-refractivity contribution in [3.05, 3.63) is 65.5 Å². The molecule has 3 atom stereocenters. The Morgan fingerprint density at radius 2 is 1.89 bits per heavy atom. The molecule has 2 amide bonds. The highest BCUT2D eigenvalue weighted by Crippen LogP contribution is 2.42. The van der Waals surface area contributed by atoms with E-state index < -0.39 is 18.0 Å². The van der Waals surface area contributed by atoms with E-state index in [-0.39, 0.29) is 24.5 Å². The number of fused-ring (bicyclic) bond motifs is 1. The first kappa shape index (κ1) is 19.9. The zero-order valence-electron chi connectivity index (χ0n) is 16.3. The van der Waals surface area contributed by atoms with E-state index in [9.17, 15) is 14.0 Å². The van der Waals surface area contributed by atoms with Crippen LogP contribution in [0.5, 0.6) is 0 Å². The van der Waals surface area contributed by atoms with Crippen LogP contribution in [0.25, 0.3) is 0 Å². The highest BCUT2D eigenvalue weighted by Gasteiger charge is 2.40. The number of amides is 2. The summed E-state index contributed by atoms with van der Waals surface area (Å²) in [6, 6.07) is 13.2. The standard InChI is InChI=1S/C22H25FN2O3/c1-4-19-14(2)21(24-22(27)28-13-16-8-6-5-7-9-16)18-12-17(23)10-11-20(18)25(19)15(3)26/h5-12,14,19,21H,4,13H2,1-3H3,(H,24,27)/t14-,19?,21?/m0/s1. The summed E-state index contributed by atoms with van der Waals surface area (Å²) >= 11 is 0. The largest absolute Gasteiger partial charge is 0.445 e. The summed E-state index contributed by atoms with van der Waals surface area (Å²) in [5.74, 6) is -0.613. The van der Waals surface area contributed by atoms with Crippen molar-refractivity contribution in [3.8, 4) is 0 Å². The molecule has 1 aliphatic rings. The molecule has 0 aliphatic carbocycles. The maximum atomic E-state index is 14.0. The van der Waals surface area contributed by atoms with E-state index >= 15 is 0 Å². The van der Waals surface area contributed by atoms with Crippen LogP contribution in [0.2, 0.25) is 0 Å². The van der Waals surface area contributed by atoms with E-state index in [1.165, 1.54) is 19.1 Å². The van der Waals surface area contributed by atoms with Gasteiger partial charge in [-0.2, -0.15) is 0 Å². The Balaban J connectivity index is 1.84. The lowest BCUT2D eigenvalue weighted by Crippen LogP contribution is -2.51. The average Bonchev–Trinajstić information content (AvgIpc) is 2.68. The molecule has 1 heterocycles. The van der Waals surface area contributed by atoms with E-state index in [2.05, 4.69) is 5.32 Å². The molecule has 2 aromatic rings.